The molecule has 0 radical (unpaired) electrons. The minimum atomic E-state index is 0.531. The Morgan fingerprint density at radius 3 is 2.30 bits per heavy atom. The van der Waals surface area contributed by atoms with E-state index in [-0.39, 0.29) is 0 Å². The zero-order valence-corrected chi connectivity index (χ0v) is 16.5. The summed E-state index contributed by atoms with van der Waals surface area (Å²) in [6.45, 7) is 0. The standard InChI is InChI=1S/C20H21N3O3S/c1-21-20-23(16(13-27-20)14-8-6-5-7-9-14)22-12-15-10-11-17(24-2)19(26-4)18(15)25-3/h5-13H,1-4H3/b21-20?,22-12-. The van der Waals surface area contributed by atoms with Gasteiger partial charge in [0.2, 0.25) is 10.6 Å². The molecule has 3 aromatic rings. The van der Waals surface area contributed by atoms with Crippen molar-refractivity contribution in [3.63, 3.8) is 0 Å². The van der Waals surface area contributed by atoms with E-state index in [0.717, 1.165) is 21.6 Å². The highest BCUT2D eigenvalue weighted by Crippen LogP contribution is 2.39. The second-order valence-electron chi connectivity index (χ2n) is 5.47. The Hall–Kier alpha value is -3.06. The predicted molar refractivity (Wildman–Crippen MR) is 108 cm³/mol. The lowest BCUT2D eigenvalue weighted by Gasteiger charge is -2.13. The van der Waals surface area contributed by atoms with Gasteiger partial charge in [0.25, 0.3) is 0 Å². The SMILES string of the molecule is CN=c1scc(-c2ccccc2)n1/N=C\c1ccc(OC)c(OC)c1OC. The number of hydrogen-bond donors (Lipinski definition) is 0. The molecule has 2 aromatic carbocycles. The predicted octanol–water partition coefficient (Wildman–Crippen LogP) is 3.66. The molecule has 1 aromatic heterocycles. The third kappa shape index (κ3) is 3.73. The number of benzene rings is 2. The number of ether oxygens (including phenoxy) is 3. The second-order valence-corrected chi connectivity index (χ2v) is 6.31. The fraction of sp³-hybridized carbons (Fsp3) is 0.200. The Labute approximate surface area is 162 Å². The molecule has 0 fully saturated rings. The van der Waals surface area contributed by atoms with Crippen LogP contribution in [0.25, 0.3) is 11.3 Å². The maximum atomic E-state index is 5.52. The van der Waals surface area contributed by atoms with Crippen molar-refractivity contribution >= 4 is 17.6 Å². The fourth-order valence-electron chi connectivity index (χ4n) is 2.72. The van der Waals surface area contributed by atoms with Crippen molar-refractivity contribution in [2.45, 2.75) is 0 Å². The summed E-state index contributed by atoms with van der Waals surface area (Å²) < 4.78 is 18.1. The maximum absolute atomic E-state index is 5.52. The largest absolute Gasteiger partial charge is 0.493 e. The highest BCUT2D eigenvalue weighted by molar-refractivity contribution is 7.07. The van der Waals surface area contributed by atoms with Crippen LogP contribution >= 0.6 is 11.3 Å². The number of rotatable bonds is 6. The van der Waals surface area contributed by atoms with Crippen LogP contribution in [0.1, 0.15) is 5.56 Å². The number of aromatic nitrogens is 1. The van der Waals surface area contributed by atoms with Crippen LogP contribution in [0.15, 0.2) is 57.9 Å². The molecule has 7 heteroatoms. The molecule has 140 valence electrons. The average molecular weight is 383 g/mol. The van der Waals surface area contributed by atoms with E-state index in [2.05, 4.69) is 10.1 Å². The molecule has 0 saturated heterocycles. The van der Waals surface area contributed by atoms with Gasteiger partial charge in [0.1, 0.15) is 0 Å². The molecule has 6 nitrogen and oxygen atoms in total. The van der Waals surface area contributed by atoms with E-state index in [4.69, 9.17) is 14.2 Å². The Morgan fingerprint density at radius 2 is 1.67 bits per heavy atom. The smallest absolute Gasteiger partial charge is 0.205 e. The van der Waals surface area contributed by atoms with E-state index in [1.165, 1.54) is 11.3 Å². The van der Waals surface area contributed by atoms with E-state index >= 15 is 0 Å². The Balaban J connectivity index is 2.09. The summed E-state index contributed by atoms with van der Waals surface area (Å²) in [4.78, 5) is 5.12. The summed E-state index contributed by atoms with van der Waals surface area (Å²) in [6.07, 6.45) is 1.73. The van der Waals surface area contributed by atoms with Crippen LogP contribution in [0.5, 0.6) is 17.2 Å². The second kappa shape index (κ2) is 8.55. The van der Waals surface area contributed by atoms with E-state index in [0.29, 0.717) is 17.2 Å². The molecule has 0 saturated carbocycles. The van der Waals surface area contributed by atoms with Crippen LogP contribution < -0.4 is 19.0 Å². The van der Waals surface area contributed by atoms with Gasteiger partial charge in [0, 0.05) is 23.6 Å². The highest BCUT2D eigenvalue weighted by Gasteiger charge is 2.15. The van der Waals surface area contributed by atoms with Gasteiger partial charge in [-0.25, -0.2) is 4.68 Å². The van der Waals surface area contributed by atoms with Gasteiger partial charge < -0.3 is 14.2 Å². The summed E-state index contributed by atoms with van der Waals surface area (Å²) in [5, 5.41) is 6.70. The first-order valence-corrected chi connectivity index (χ1v) is 9.13. The van der Waals surface area contributed by atoms with Crippen molar-refractivity contribution in [3.8, 4) is 28.5 Å². The van der Waals surface area contributed by atoms with Crippen LogP contribution in [-0.2, 0) is 0 Å². The highest BCUT2D eigenvalue weighted by atomic mass is 32.1. The Kier molecular flexibility index (Phi) is 5.93. The quantitative estimate of drug-likeness (QED) is 0.611. The normalized spacial score (nSPS) is 11.8. The van der Waals surface area contributed by atoms with Gasteiger partial charge in [0.05, 0.1) is 33.2 Å². The first-order valence-electron chi connectivity index (χ1n) is 8.25. The molecular weight excluding hydrogens is 362 g/mol. The molecule has 0 unspecified atom stereocenters. The van der Waals surface area contributed by atoms with Crippen LogP contribution in [0, 0.1) is 0 Å². The van der Waals surface area contributed by atoms with Crippen molar-refractivity contribution in [2.75, 3.05) is 28.4 Å². The molecule has 1 heterocycles. The maximum Gasteiger partial charge on any atom is 0.205 e. The summed E-state index contributed by atoms with van der Waals surface area (Å²) in [6, 6.07) is 13.8. The monoisotopic (exact) mass is 383 g/mol. The van der Waals surface area contributed by atoms with Gasteiger partial charge in [-0.3, -0.25) is 4.99 Å². The van der Waals surface area contributed by atoms with E-state index in [1.54, 1.807) is 34.6 Å². The Morgan fingerprint density at radius 1 is 0.926 bits per heavy atom. The Bertz CT molecular complexity index is 1010. The fourth-order valence-corrected chi connectivity index (χ4v) is 3.52. The summed E-state index contributed by atoms with van der Waals surface area (Å²) in [7, 11) is 6.52. The van der Waals surface area contributed by atoms with E-state index in [9.17, 15) is 0 Å². The molecule has 0 amide bonds. The lowest BCUT2D eigenvalue weighted by molar-refractivity contribution is 0.324. The molecule has 0 spiro atoms. The van der Waals surface area contributed by atoms with Crippen molar-refractivity contribution < 1.29 is 14.2 Å². The molecule has 27 heavy (non-hydrogen) atoms. The molecule has 0 atom stereocenters. The number of methoxy groups -OCH3 is 3. The third-order valence-corrected chi connectivity index (χ3v) is 4.90. The van der Waals surface area contributed by atoms with E-state index < -0.39 is 0 Å². The zero-order chi connectivity index (χ0) is 19.2. The molecular formula is C20H21N3O3S. The third-order valence-electron chi connectivity index (χ3n) is 3.99. The lowest BCUT2D eigenvalue weighted by atomic mass is 10.2. The summed E-state index contributed by atoms with van der Waals surface area (Å²) in [5.41, 5.74) is 2.81. The van der Waals surface area contributed by atoms with E-state index in [1.807, 2.05) is 52.5 Å². The van der Waals surface area contributed by atoms with Crippen molar-refractivity contribution in [1.82, 2.24) is 4.68 Å². The van der Waals surface area contributed by atoms with Crippen LogP contribution in [0.2, 0.25) is 0 Å². The number of hydrogen-bond acceptors (Lipinski definition) is 6. The van der Waals surface area contributed by atoms with Gasteiger partial charge in [-0.15, -0.1) is 11.3 Å². The molecule has 0 aliphatic rings. The number of nitrogens with zero attached hydrogens (tertiary/aromatic N) is 3. The number of thiazole rings is 1. The molecule has 0 aliphatic carbocycles. The van der Waals surface area contributed by atoms with Crippen LogP contribution in [0.4, 0.5) is 0 Å². The van der Waals surface area contributed by atoms with Crippen molar-refractivity contribution in [2.24, 2.45) is 10.1 Å². The molecule has 3 rings (SSSR count). The topological polar surface area (TPSA) is 57.3 Å². The minimum absolute atomic E-state index is 0.531. The molecule has 0 bridgehead atoms. The molecule has 0 N–H and O–H groups in total. The first-order chi connectivity index (χ1) is 13.2. The van der Waals surface area contributed by atoms with Crippen LogP contribution in [0.3, 0.4) is 0 Å². The van der Waals surface area contributed by atoms with Crippen molar-refractivity contribution in [1.29, 1.82) is 0 Å². The first kappa shape index (κ1) is 18.7. The van der Waals surface area contributed by atoms with Gasteiger partial charge in [0.15, 0.2) is 11.5 Å². The van der Waals surface area contributed by atoms with Gasteiger partial charge >= 0.3 is 0 Å². The lowest BCUT2D eigenvalue weighted by Crippen LogP contribution is -2.11. The summed E-state index contributed by atoms with van der Waals surface area (Å²) in [5.74, 6) is 1.69. The zero-order valence-electron chi connectivity index (χ0n) is 15.7. The van der Waals surface area contributed by atoms with Gasteiger partial charge in [-0.1, -0.05) is 30.3 Å². The van der Waals surface area contributed by atoms with Crippen LogP contribution in [-0.4, -0.2) is 39.3 Å². The average Bonchev–Trinajstić information content (AvgIpc) is 3.14. The summed E-state index contributed by atoms with van der Waals surface area (Å²) >= 11 is 1.54. The van der Waals surface area contributed by atoms with Gasteiger partial charge in [-0.2, -0.15) is 5.10 Å². The van der Waals surface area contributed by atoms with Crippen molar-refractivity contribution in [3.05, 3.63) is 58.2 Å². The van der Waals surface area contributed by atoms with Gasteiger partial charge in [-0.05, 0) is 12.1 Å². The molecule has 0 aliphatic heterocycles. The minimum Gasteiger partial charge on any atom is -0.493 e.